The van der Waals surface area contributed by atoms with Crippen molar-refractivity contribution in [1.82, 2.24) is 0 Å². The predicted octanol–water partition coefficient (Wildman–Crippen LogP) is 2.17. The number of rotatable bonds is 4. The third-order valence-electron chi connectivity index (χ3n) is 4.34. The molecule has 0 radical (unpaired) electrons. The topological polar surface area (TPSA) is 71.1 Å². The first kappa shape index (κ1) is 16.0. The lowest BCUT2D eigenvalue weighted by Gasteiger charge is -2.30. The first-order valence-corrected chi connectivity index (χ1v) is 7.90. The van der Waals surface area contributed by atoms with E-state index in [1.54, 1.807) is 24.3 Å². The SMILES string of the molecule is CO[C@]12O[C@H](C(=O)OCc3ccccc3)[C@H](O1)C(=O)c1ccccc12. The summed E-state index contributed by atoms with van der Waals surface area (Å²) < 4.78 is 22.1. The van der Waals surface area contributed by atoms with Crippen LogP contribution in [0.4, 0.5) is 0 Å². The number of ketones is 1. The number of carbonyl (C=O) groups excluding carboxylic acids is 2. The van der Waals surface area contributed by atoms with Crippen LogP contribution in [0.15, 0.2) is 54.6 Å². The molecule has 3 atom stereocenters. The lowest BCUT2D eigenvalue weighted by atomic mass is 9.95. The normalized spacial score (nSPS) is 27.0. The molecule has 6 nitrogen and oxygen atoms in total. The van der Waals surface area contributed by atoms with Crippen molar-refractivity contribution < 1.29 is 28.5 Å². The van der Waals surface area contributed by atoms with Crippen LogP contribution in [0.2, 0.25) is 0 Å². The average molecular weight is 340 g/mol. The summed E-state index contributed by atoms with van der Waals surface area (Å²) in [5.41, 5.74) is 1.73. The van der Waals surface area contributed by atoms with Gasteiger partial charge in [-0.05, 0) is 5.56 Å². The van der Waals surface area contributed by atoms with Gasteiger partial charge in [-0.1, -0.05) is 54.6 Å². The maximum atomic E-state index is 12.7. The highest BCUT2D eigenvalue weighted by Crippen LogP contribution is 2.45. The highest BCUT2D eigenvalue weighted by atomic mass is 16.9. The van der Waals surface area contributed by atoms with Crippen molar-refractivity contribution in [3.05, 3.63) is 71.3 Å². The first-order valence-electron chi connectivity index (χ1n) is 7.90. The molecule has 0 aromatic heterocycles. The van der Waals surface area contributed by atoms with Gasteiger partial charge in [0.15, 0.2) is 18.0 Å². The fourth-order valence-electron chi connectivity index (χ4n) is 3.11. The molecule has 25 heavy (non-hydrogen) atoms. The van der Waals surface area contributed by atoms with Gasteiger partial charge in [0.25, 0.3) is 0 Å². The lowest BCUT2D eigenvalue weighted by molar-refractivity contribution is -0.342. The molecule has 2 aromatic carbocycles. The number of hydrogen-bond donors (Lipinski definition) is 0. The Balaban J connectivity index is 1.57. The zero-order valence-corrected chi connectivity index (χ0v) is 13.5. The van der Waals surface area contributed by atoms with E-state index in [0.29, 0.717) is 11.1 Å². The van der Waals surface area contributed by atoms with E-state index in [2.05, 4.69) is 0 Å². The van der Waals surface area contributed by atoms with Crippen molar-refractivity contribution in [2.45, 2.75) is 24.8 Å². The molecule has 2 aliphatic rings. The standard InChI is InChI=1S/C19H16O6/c1-22-19-14-10-6-5-9-13(14)15(20)16(24-19)17(25-19)18(21)23-11-12-7-3-2-4-8-12/h2-10,16-17H,11H2,1H3/t16-,17+,19+/m1/s1. The predicted molar refractivity (Wildman–Crippen MR) is 85.4 cm³/mol. The Morgan fingerprint density at radius 2 is 1.80 bits per heavy atom. The van der Waals surface area contributed by atoms with Crippen LogP contribution >= 0.6 is 0 Å². The Bertz CT molecular complexity index is 818. The van der Waals surface area contributed by atoms with Gasteiger partial charge in [-0.25, -0.2) is 4.79 Å². The molecule has 2 heterocycles. The second-order valence-corrected chi connectivity index (χ2v) is 5.84. The maximum Gasteiger partial charge on any atom is 0.339 e. The van der Waals surface area contributed by atoms with E-state index in [4.69, 9.17) is 18.9 Å². The molecule has 4 rings (SSSR count). The van der Waals surface area contributed by atoms with Gasteiger partial charge >= 0.3 is 11.9 Å². The minimum absolute atomic E-state index is 0.0906. The number of esters is 1. The van der Waals surface area contributed by atoms with Crippen molar-refractivity contribution in [2.24, 2.45) is 0 Å². The van der Waals surface area contributed by atoms with Gasteiger partial charge < -0.3 is 18.9 Å². The van der Waals surface area contributed by atoms with E-state index in [1.165, 1.54) is 7.11 Å². The molecule has 0 aliphatic carbocycles. The second-order valence-electron chi connectivity index (χ2n) is 5.84. The molecule has 1 fully saturated rings. The summed E-state index contributed by atoms with van der Waals surface area (Å²) >= 11 is 0. The molecule has 2 aliphatic heterocycles. The number of ether oxygens (including phenoxy) is 4. The quantitative estimate of drug-likeness (QED) is 0.795. The third-order valence-corrected chi connectivity index (χ3v) is 4.34. The van der Waals surface area contributed by atoms with Gasteiger partial charge in [0.1, 0.15) is 6.61 Å². The minimum atomic E-state index is -1.56. The Morgan fingerprint density at radius 3 is 2.56 bits per heavy atom. The number of methoxy groups -OCH3 is 1. The van der Waals surface area contributed by atoms with Gasteiger partial charge in [0, 0.05) is 12.7 Å². The van der Waals surface area contributed by atoms with Gasteiger partial charge in [0.05, 0.1) is 5.56 Å². The molecule has 2 aromatic rings. The van der Waals surface area contributed by atoms with Crippen molar-refractivity contribution in [2.75, 3.05) is 7.11 Å². The summed E-state index contributed by atoms with van der Waals surface area (Å²) in [5.74, 6) is -2.54. The zero-order valence-electron chi connectivity index (χ0n) is 13.5. The number of carbonyl (C=O) groups is 2. The summed E-state index contributed by atoms with van der Waals surface area (Å²) in [6, 6.07) is 16.1. The Morgan fingerprint density at radius 1 is 1.08 bits per heavy atom. The number of Topliss-reactive ketones (excluding diaryl/α,β-unsaturated/α-hetero) is 1. The van der Waals surface area contributed by atoms with Crippen LogP contribution in [0, 0.1) is 0 Å². The molecular weight excluding hydrogens is 324 g/mol. The second kappa shape index (κ2) is 6.07. The van der Waals surface area contributed by atoms with Crippen LogP contribution in [-0.2, 0) is 36.3 Å². The van der Waals surface area contributed by atoms with Crippen LogP contribution in [0.5, 0.6) is 0 Å². The largest absolute Gasteiger partial charge is 0.459 e. The molecule has 0 amide bonds. The molecule has 2 bridgehead atoms. The molecule has 0 unspecified atom stereocenters. The first-order chi connectivity index (χ1) is 12.1. The van der Waals surface area contributed by atoms with E-state index < -0.39 is 24.2 Å². The molecule has 1 saturated heterocycles. The minimum Gasteiger partial charge on any atom is -0.459 e. The fraction of sp³-hybridized carbons (Fsp3) is 0.263. The summed E-state index contributed by atoms with van der Waals surface area (Å²) in [6.07, 6.45) is -2.26. The van der Waals surface area contributed by atoms with E-state index in [1.807, 2.05) is 30.3 Å². The van der Waals surface area contributed by atoms with E-state index >= 15 is 0 Å². The van der Waals surface area contributed by atoms with Crippen LogP contribution in [0.3, 0.4) is 0 Å². The van der Waals surface area contributed by atoms with E-state index in [0.717, 1.165) is 5.56 Å². The fourth-order valence-corrected chi connectivity index (χ4v) is 3.11. The van der Waals surface area contributed by atoms with Crippen molar-refractivity contribution in [1.29, 1.82) is 0 Å². The van der Waals surface area contributed by atoms with Crippen LogP contribution in [0.25, 0.3) is 0 Å². The van der Waals surface area contributed by atoms with E-state index in [-0.39, 0.29) is 12.4 Å². The Hall–Kier alpha value is -2.54. The number of fused-ring (bicyclic) bond motifs is 4. The Kier molecular flexibility index (Phi) is 3.88. The highest BCUT2D eigenvalue weighted by Gasteiger charge is 2.60. The molecule has 0 N–H and O–H groups in total. The summed E-state index contributed by atoms with van der Waals surface area (Å²) in [4.78, 5) is 25.1. The summed E-state index contributed by atoms with van der Waals surface area (Å²) in [6.45, 7) is 0.0906. The monoisotopic (exact) mass is 340 g/mol. The molecule has 6 heteroatoms. The molecule has 128 valence electrons. The van der Waals surface area contributed by atoms with Crippen molar-refractivity contribution in [3.8, 4) is 0 Å². The van der Waals surface area contributed by atoms with Gasteiger partial charge in [-0.2, -0.15) is 0 Å². The van der Waals surface area contributed by atoms with Crippen LogP contribution in [-0.4, -0.2) is 31.1 Å². The smallest absolute Gasteiger partial charge is 0.339 e. The van der Waals surface area contributed by atoms with Crippen molar-refractivity contribution in [3.63, 3.8) is 0 Å². The lowest BCUT2D eigenvalue weighted by Crippen LogP contribution is -2.41. The average Bonchev–Trinajstić information content (AvgIpc) is 3.03. The molecule has 0 spiro atoms. The van der Waals surface area contributed by atoms with Gasteiger partial charge in [-0.15, -0.1) is 0 Å². The Labute approximate surface area is 144 Å². The van der Waals surface area contributed by atoms with Crippen molar-refractivity contribution >= 4 is 11.8 Å². The summed E-state index contributed by atoms with van der Waals surface area (Å²) in [5, 5.41) is 0. The molecular formula is C19H16O6. The maximum absolute atomic E-state index is 12.7. The summed E-state index contributed by atoms with van der Waals surface area (Å²) in [7, 11) is 1.40. The number of benzene rings is 2. The zero-order chi connectivity index (χ0) is 17.4. The van der Waals surface area contributed by atoms with Crippen LogP contribution < -0.4 is 0 Å². The van der Waals surface area contributed by atoms with E-state index in [9.17, 15) is 9.59 Å². The highest BCUT2D eigenvalue weighted by molar-refractivity contribution is 6.05. The molecule has 0 saturated carbocycles. The van der Waals surface area contributed by atoms with Gasteiger partial charge in [-0.3, -0.25) is 4.79 Å². The van der Waals surface area contributed by atoms with Crippen LogP contribution in [0.1, 0.15) is 21.5 Å². The number of hydrogen-bond acceptors (Lipinski definition) is 6. The van der Waals surface area contributed by atoms with Gasteiger partial charge in [0.2, 0.25) is 0 Å². The third kappa shape index (κ3) is 2.55.